The van der Waals surface area contributed by atoms with Gasteiger partial charge in [-0.3, -0.25) is 9.59 Å². The maximum Gasteiger partial charge on any atom is 0.209 e. The minimum absolute atomic E-state index is 0. The average Bonchev–Trinajstić information content (AvgIpc) is 3.35. The third kappa shape index (κ3) is 19.9. The summed E-state index contributed by atoms with van der Waals surface area (Å²) in [5, 5.41) is 32.0. The van der Waals surface area contributed by atoms with Crippen molar-refractivity contribution in [2.75, 3.05) is 89.3 Å². The first kappa shape index (κ1) is 65.2. The topological polar surface area (TPSA) is 179 Å². The maximum absolute atomic E-state index is 10.7. The molecule has 69 heavy (non-hydrogen) atoms. The van der Waals surface area contributed by atoms with E-state index in [1.54, 1.807) is 66.6 Å². The van der Waals surface area contributed by atoms with Crippen LogP contribution in [0.25, 0.3) is 0 Å². The lowest BCUT2D eigenvalue weighted by atomic mass is 9.69. The van der Waals surface area contributed by atoms with Crippen LogP contribution in [0.5, 0.6) is 34.5 Å². The van der Waals surface area contributed by atoms with Crippen molar-refractivity contribution >= 4 is 24.4 Å². The molecule has 0 spiro atoms. The molecule has 14 nitrogen and oxygen atoms in total. The number of nitrogens with zero attached hydrogens (tertiary/aromatic N) is 5. The Kier molecular flexibility index (Phi) is 33.3. The van der Waals surface area contributed by atoms with E-state index in [1.165, 1.54) is 0 Å². The number of amides is 2. The van der Waals surface area contributed by atoms with Gasteiger partial charge in [0.1, 0.15) is 0 Å². The van der Waals surface area contributed by atoms with E-state index in [2.05, 4.69) is 37.4 Å². The van der Waals surface area contributed by atoms with E-state index in [4.69, 9.17) is 45.3 Å². The quantitative estimate of drug-likeness (QED) is 0.0483. The smallest absolute Gasteiger partial charge is 0.209 e. The Balaban J connectivity index is 0. The van der Waals surface area contributed by atoms with Crippen molar-refractivity contribution < 1.29 is 38.0 Å². The second kappa shape index (κ2) is 35.3. The van der Waals surface area contributed by atoms with Crippen molar-refractivity contribution in [1.29, 1.82) is 15.8 Å². The van der Waals surface area contributed by atoms with E-state index >= 15 is 0 Å². The Morgan fingerprint density at radius 2 is 0.986 bits per heavy atom. The number of halogens is 1. The highest BCUT2D eigenvalue weighted by Gasteiger charge is 2.37. The summed E-state index contributed by atoms with van der Waals surface area (Å²) in [6.45, 7) is 14.6. The van der Waals surface area contributed by atoms with Crippen LogP contribution in [0.4, 0.5) is 0 Å². The molecule has 0 saturated carbocycles. The van der Waals surface area contributed by atoms with Crippen molar-refractivity contribution in [2.45, 2.75) is 97.8 Å². The Bertz CT molecular complexity index is 2050. The van der Waals surface area contributed by atoms with Gasteiger partial charge in [0.05, 0.1) is 77.6 Å². The molecule has 0 fully saturated rings. The van der Waals surface area contributed by atoms with Crippen LogP contribution < -0.4 is 33.7 Å². The monoisotopic (exact) mass is 979 g/mol. The summed E-state index contributed by atoms with van der Waals surface area (Å²) in [5.74, 6) is 5.12. The van der Waals surface area contributed by atoms with Gasteiger partial charge in [0.2, 0.25) is 12.8 Å². The van der Waals surface area contributed by atoms with E-state index < -0.39 is 10.8 Å². The highest BCUT2D eigenvalue weighted by Crippen LogP contribution is 2.42. The summed E-state index contributed by atoms with van der Waals surface area (Å²) in [6.07, 6.45) is 5.68. The van der Waals surface area contributed by atoms with Gasteiger partial charge in [-0.25, -0.2) is 0 Å². The molecule has 384 valence electrons. The molecule has 0 heterocycles. The molecule has 3 aromatic rings. The van der Waals surface area contributed by atoms with Crippen LogP contribution in [0.3, 0.4) is 0 Å². The van der Waals surface area contributed by atoms with Crippen molar-refractivity contribution in [1.82, 2.24) is 15.1 Å². The lowest BCUT2D eigenvalue weighted by Crippen LogP contribution is -2.32. The molecule has 3 unspecified atom stereocenters. The molecule has 0 aliphatic rings. The van der Waals surface area contributed by atoms with Crippen LogP contribution in [0.1, 0.15) is 104 Å². The number of nitriles is 3. The molecule has 0 radical (unpaired) electrons. The Morgan fingerprint density at radius 3 is 1.30 bits per heavy atom. The molecule has 3 rings (SSSR count). The highest BCUT2D eigenvalue weighted by atomic mass is 35.5. The Labute approximate surface area is 420 Å². The van der Waals surface area contributed by atoms with Gasteiger partial charge in [0, 0.05) is 33.1 Å². The number of alkyl halides is 1. The summed E-state index contributed by atoms with van der Waals surface area (Å²) in [6, 6.07) is 24.4. The van der Waals surface area contributed by atoms with Crippen LogP contribution in [-0.2, 0) is 20.4 Å². The first-order chi connectivity index (χ1) is 32.4. The van der Waals surface area contributed by atoms with E-state index in [0.29, 0.717) is 53.3 Å². The van der Waals surface area contributed by atoms with E-state index in [0.717, 1.165) is 68.3 Å². The van der Waals surface area contributed by atoms with E-state index in [-0.39, 0.29) is 31.1 Å². The molecule has 1 N–H and O–H groups in total. The summed E-state index contributed by atoms with van der Waals surface area (Å²) in [5.41, 5.74) is 1.75. The Hall–Kier alpha value is -5.88. The number of hydrogen-bond donors (Lipinski definition) is 1. The fraction of sp³-hybridized carbons (Fsp3) is 0.574. The normalized spacial score (nSPS) is 12.3. The van der Waals surface area contributed by atoms with Crippen LogP contribution in [0, 0.1) is 51.7 Å². The number of hydrogen-bond acceptors (Lipinski definition) is 12. The fourth-order valence-electron chi connectivity index (χ4n) is 7.48. The van der Waals surface area contributed by atoms with Gasteiger partial charge < -0.3 is 43.5 Å². The maximum atomic E-state index is 10.7. The predicted molar refractivity (Wildman–Crippen MR) is 278 cm³/mol. The zero-order valence-corrected chi connectivity index (χ0v) is 44.2. The number of nitrogens with one attached hydrogen (secondary N) is 1. The second-order valence-electron chi connectivity index (χ2n) is 17.1. The lowest BCUT2D eigenvalue weighted by Gasteiger charge is -2.32. The SMILES string of the molecule is C.CN(C=O)CCCCl.CNCCCC(C#N)(c1ccc(OC)c(OC)c1)C(C)C.COc1ccc(C(C#N)(CCCN(C)C=O)C(C)C)cc1OC.COc1ccc(C(C#N)C(C)C)cc1OC. The van der Waals surface area contributed by atoms with Gasteiger partial charge in [0.15, 0.2) is 34.5 Å². The first-order valence-corrected chi connectivity index (χ1v) is 23.4. The minimum Gasteiger partial charge on any atom is -0.493 e. The number of rotatable bonds is 25. The molecule has 3 atom stereocenters. The first-order valence-electron chi connectivity index (χ1n) is 22.9. The summed E-state index contributed by atoms with van der Waals surface area (Å²) in [7, 11) is 15.0. The molecule has 0 saturated heterocycles. The molecule has 2 amide bonds. The van der Waals surface area contributed by atoms with Gasteiger partial charge in [-0.15, -0.1) is 11.6 Å². The lowest BCUT2D eigenvalue weighted by molar-refractivity contribution is -0.117. The highest BCUT2D eigenvalue weighted by molar-refractivity contribution is 6.17. The third-order valence-corrected chi connectivity index (χ3v) is 12.1. The number of ether oxygens (including phenoxy) is 6. The molecule has 0 aliphatic carbocycles. The van der Waals surface area contributed by atoms with Crippen LogP contribution in [-0.4, -0.2) is 112 Å². The van der Waals surface area contributed by atoms with Crippen LogP contribution in [0.15, 0.2) is 54.6 Å². The van der Waals surface area contributed by atoms with Crippen LogP contribution in [0.2, 0.25) is 0 Å². The average molecular weight is 980 g/mol. The van der Waals surface area contributed by atoms with Crippen LogP contribution >= 0.6 is 11.6 Å². The number of carbonyl (C=O) groups is 2. The molecule has 3 aromatic carbocycles. The summed E-state index contributed by atoms with van der Waals surface area (Å²) in [4.78, 5) is 23.8. The molecule has 0 aliphatic heterocycles. The Morgan fingerprint density at radius 1 is 0.609 bits per heavy atom. The van der Waals surface area contributed by atoms with Crippen molar-refractivity contribution in [3.8, 4) is 52.7 Å². The summed E-state index contributed by atoms with van der Waals surface area (Å²) >= 11 is 5.36. The minimum atomic E-state index is -0.622. The molecule has 15 heteroatoms. The molecular weight excluding hydrogens is 896 g/mol. The predicted octanol–water partition coefficient (Wildman–Crippen LogP) is 10.4. The van der Waals surface area contributed by atoms with E-state index in [1.807, 2.05) is 89.3 Å². The largest absolute Gasteiger partial charge is 0.493 e. The fourth-order valence-corrected chi connectivity index (χ4v) is 7.60. The van der Waals surface area contributed by atoms with E-state index in [9.17, 15) is 20.1 Å². The van der Waals surface area contributed by atoms with Crippen molar-refractivity contribution in [3.05, 3.63) is 71.3 Å². The van der Waals surface area contributed by atoms with Crippen molar-refractivity contribution in [3.63, 3.8) is 0 Å². The number of methoxy groups -OCH3 is 6. The number of benzene rings is 3. The standard InChI is InChI=1S/C18H26N2O3.C17H26N2O2.C13H17NO2.C5H10ClNO.CH4/c1-14(2)18(12-19,9-6-10-20(3)13-21)15-7-8-16(22-4)17(11-15)23-5;1-13(2)17(12-18,9-6-10-19-3)14-7-8-15(20-4)16(11-14)21-5;1-9(2)11(8-14)10-5-6-12(15-3)13(7-10)16-4;1-7(5-8)4-2-3-6;/h7-8,11,13-14H,6,9-10H2,1-5H3;7-8,11,13,19H,6,9-10H2,1-5H3;5-7,9,11H,1-4H3;5H,2-4H2,1H3;1H4. The zero-order valence-electron chi connectivity index (χ0n) is 43.4. The van der Waals surface area contributed by atoms with Crippen molar-refractivity contribution in [2.24, 2.45) is 17.8 Å². The summed E-state index contributed by atoms with van der Waals surface area (Å²) < 4.78 is 31.7. The molecular formula is C54H83ClN6O8. The van der Waals surface area contributed by atoms with Gasteiger partial charge in [0.25, 0.3) is 0 Å². The molecule has 0 bridgehead atoms. The second-order valence-corrected chi connectivity index (χ2v) is 17.5. The van der Waals surface area contributed by atoms with Gasteiger partial charge in [-0.2, -0.15) is 15.8 Å². The number of carbonyl (C=O) groups excluding carboxylic acids is 2. The van der Waals surface area contributed by atoms with Gasteiger partial charge in [-0.05, 0) is 117 Å². The zero-order chi connectivity index (χ0) is 51.9. The van der Waals surface area contributed by atoms with Gasteiger partial charge in [-0.1, -0.05) is 67.2 Å². The third-order valence-electron chi connectivity index (χ3n) is 11.8. The molecule has 0 aromatic heterocycles. The van der Waals surface area contributed by atoms with Gasteiger partial charge >= 0.3 is 0 Å².